The summed E-state index contributed by atoms with van der Waals surface area (Å²) in [7, 11) is -0.714. The number of carbonyl (C=O) groups is 2. The summed E-state index contributed by atoms with van der Waals surface area (Å²) in [5.41, 5.74) is -0.104. The van der Waals surface area contributed by atoms with Crippen LogP contribution in [0, 0.1) is 0 Å². The number of aromatic nitrogens is 1. The number of carboxylic acids is 1. The number of aromatic carboxylic acids is 1. The zero-order valence-corrected chi connectivity index (χ0v) is 12.3. The van der Waals surface area contributed by atoms with Gasteiger partial charge in [-0.15, -0.1) is 0 Å². The van der Waals surface area contributed by atoms with Gasteiger partial charge in [-0.25, -0.2) is 27.7 Å². The molecule has 1 rings (SSSR count). The number of urea groups is 1. The number of sulfonamides is 1. The Morgan fingerprint density at radius 1 is 1.29 bits per heavy atom. The van der Waals surface area contributed by atoms with Crippen LogP contribution in [-0.4, -0.2) is 62.6 Å². The number of nitrogens with one attached hydrogen (secondary N) is 2. The van der Waals surface area contributed by atoms with Gasteiger partial charge in [0, 0.05) is 33.4 Å². The van der Waals surface area contributed by atoms with E-state index in [0.29, 0.717) is 0 Å². The Hall–Kier alpha value is -2.20. The zero-order chi connectivity index (χ0) is 16.0. The van der Waals surface area contributed by atoms with Crippen LogP contribution in [0.25, 0.3) is 0 Å². The van der Waals surface area contributed by atoms with E-state index in [2.05, 4.69) is 15.0 Å². The van der Waals surface area contributed by atoms with Crippen LogP contribution in [0.4, 0.5) is 4.79 Å². The van der Waals surface area contributed by atoms with Crippen LogP contribution in [0.5, 0.6) is 0 Å². The second-order valence-corrected chi connectivity index (χ2v) is 5.93. The summed E-state index contributed by atoms with van der Waals surface area (Å²) in [5.74, 6) is -1.19. The van der Waals surface area contributed by atoms with E-state index in [1.54, 1.807) is 14.1 Å². The topological polar surface area (TPSA) is 129 Å². The molecule has 2 amide bonds. The van der Waals surface area contributed by atoms with Crippen molar-refractivity contribution in [1.82, 2.24) is 19.9 Å². The van der Waals surface area contributed by atoms with Crippen molar-refractivity contribution in [3.8, 4) is 0 Å². The van der Waals surface area contributed by atoms with Crippen molar-refractivity contribution in [1.29, 1.82) is 0 Å². The van der Waals surface area contributed by atoms with Crippen LogP contribution >= 0.6 is 0 Å². The van der Waals surface area contributed by atoms with Crippen LogP contribution in [0.2, 0.25) is 0 Å². The summed E-state index contributed by atoms with van der Waals surface area (Å²) < 4.78 is 25.9. The molecule has 0 spiro atoms. The van der Waals surface area contributed by atoms with Gasteiger partial charge in [-0.1, -0.05) is 0 Å². The molecule has 0 atom stereocenters. The first-order valence-corrected chi connectivity index (χ1v) is 7.36. The SMILES string of the molecule is CN(C)C(=O)NCCNS(=O)(=O)c1ccc(C(=O)O)cn1. The van der Waals surface area contributed by atoms with Crippen LogP contribution in [0.3, 0.4) is 0 Å². The normalized spacial score (nSPS) is 11.0. The number of hydrogen-bond donors (Lipinski definition) is 3. The number of hydrogen-bond acceptors (Lipinski definition) is 5. The lowest BCUT2D eigenvalue weighted by Gasteiger charge is -2.12. The lowest BCUT2D eigenvalue weighted by molar-refractivity contribution is 0.0696. The van der Waals surface area contributed by atoms with E-state index in [-0.39, 0.29) is 29.7 Å². The molecule has 0 aliphatic carbocycles. The van der Waals surface area contributed by atoms with Crippen molar-refractivity contribution in [2.45, 2.75) is 5.03 Å². The van der Waals surface area contributed by atoms with Crippen molar-refractivity contribution >= 4 is 22.0 Å². The maximum absolute atomic E-state index is 11.8. The number of carboxylic acid groups (broad SMARTS) is 1. The smallest absolute Gasteiger partial charge is 0.337 e. The Morgan fingerprint density at radius 2 is 1.95 bits per heavy atom. The first kappa shape index (κ1) is 16.9. The van der Waals surface area contributed by atoms with Crippen LogP contribution in [0.1, 0.15) is 10.4 Å². The maximum Gasteiger partial charge on any atom is 0.337 e. The van der Waals surface area contributed by atoms with Gasteiger partial charge in [0.1, 0.15) is 0 Å². The van der Waals surface area contributed by atoms with E-state index in [4.69, 9.17) is 5.11 Å². The summed E-state index contributed by atoms with van der Waals surface area (Å²) in [6, 6.07) is 1.92. The third-order valence-corrected chi connectivity index (χ3v) is 3.73. The molecule has 116 valence electrons. The molecule has 0 saturated carbocycles. The van der Waals surface area contributed by atoms with Crippen molar-refractivity contribution in [2.24, 2.45) is 0 Å². The molecule has 3 N–H and O–H groups in total. The summed E-state index contributed by atoms with van der Waals surface area (Å²) in [5, 5.41) is 10.9. The Balaban J connectivity index is 2.57. The van der Waals surface area contributed by atoms with E-state index in [9.17, 15) is 18.0 Å². The standard InChI is InChI=1S/C11H16N4O5S/c1-15(2)11(18)12-5-6-14-21(19,20)9-4-3-8(7-13-9)10(16)17/h3-4,7,14H,5-6H2,1-2H3,(H,12,18)(H,16,17). The highest BCUT2D eigenvalue weighted by Gasteiger charge is 2.16. The van der Waals surface area contributed by atoms with Gasteiger partial charge in [0.25, 0.3) is 10.0 Å². The fourth-order valence-electron chi connectivity index (χ4n) is 1.25. The average molecular weight is 316 g/mol. The molecule has 0 bridgehead atoms. The third kappa shape index (κ3) is 5.00. The van der Waals surface area contributed by atoms with Gasteiger partial charge < -0.3 is 15.3 Å². The molecule has 0 saturated heterocycles. The molecular formula is C11H16N4O5S. The van der Waals surface area contributed by atoms with Gasteiger partial charge in [0.2, 0.25) is 0 Å². The second kappa shape index (κ2) is 6.99. The molecule has 10 heteroatoms. The van der Waals surface area contributed by atoms with Gasteiger partial charge in [0.15, 0.2) is 5.03 Å². The lowest BCUT2D eigenvalue weighted by Crippen LogP contribution is -2.39. The number of amides is 2. The van der Waals surface area contributed by atoms with E-state index in [1.165, 1.54) is 4.90 Å². The van der Waals surface area contributed by atoms with E-state index in [0.717, 1.165) is 18.3 Å². The molecule has 1 heterocycles. The van der Waals surface area contributed by atoms with E-state index in [1.807, 2.05) is 0 Å². The highest BCUT2D eigenvalue weighted by molar-refractivity contribution is 7.89. The molecule has 0 unspecified atom stereocenters. The van der Waals surface area contributed by atoms with Gasteiger partial charge in [-0.2, -0.15) is 0 Å². The number of carbonyl (C=O) groups excluding carboxylic acids is 1. The second-order valence-electron chi connectivity index (χ2n) is 4.21. The lowest BCUT2D eigenvalue weighted by atomic mass is 10.3. The van der Waals surface area contributed by atoms with E-state index >= 15 is 0 Å². The van der Waals surface area contributed by atoms with Gasteiger partial charge in [-0.05, 0) is 12.1 Å². The fraction of sp³-hybridized carbons (Fsp3) is 0.364. The third-order valence-electron chi connectivity index (χ3n) is 2.36. The van der Waals surface area contributed by atoms with Gasteiger partial charge in [-0.3, -0.25) is 0 Å². The molecular weight excluding hydrogens is 300 g/mol. The van der Waals surface area contributed by atoms with E-state index < -0.39 is 16.0 Å². The van der Waals surface area contributed by atoms with Crippen molar-refractivity contribution in [3.63, 3.8) is 0 Å². The predicted molar refractivity (Wildman–Crippen MR) is 73.5 cm³/mol. The Bertz CT molecular complexity index is 612. The quantitative estimate of drug-likeness (QED) is 0.597. The molecule has 9 nitrogen and oxygen atoms in total. The van der Waals surface area contributed by atoms with Crippen LogP contribution in [0.15, 0.2) is 23.4 Å². The molecule has 21 heavy (non-hydrogen) atoms. The van der Waals surface area contributed by atoms with Crippen molar-refractivity contribution in [3.05, 3.63) is 23.9 Å². The predicted octanol–water partition coefficient (Wildman–Crippen LogP) is -0.671. The molecule has 0 radical (unpaired) electrons. The summed E-state index contributed by atoms with van der Waals surface area (Å²) in [6.07, 6.45) is 0.963. The maximum atomic E-state index is 11.8. The summed E-state index contributed by atoms with van der Waals surface area (Å²) >= 11 is 0. The summed E-state index contributed by atoms with van der Waals surface area (Å²) in [6.45, 7) is 0.105. The molecule has 0 aliphatic heterocycles. The molecule has 1 aromatic heterocycles. The molecule has 0 aromatic carbocycles. The Labute approximate surface area is 122 Å². The van der Waals surface area contributed by atoms with Crippen molar-refractivity contribution in [2.75, 3.05) is 27.2 Å². The minimum absolute atomic E-state index is 0.00965. The Morgan fingerprint density at radius 3 is 2.43 bits per heavy atom. The Kier molecular flexibility index (Phi) is 5.61. The first-order chi connectivity index (χ1) is 9.74. The number of nitrogens with zero attached hydrogens (tertiary/aromatic N) is 2. The van der Waals surface area contributed by atoms with Gasteiger partial charge >= 0.3 is 12.0 Å². The molecule has 1 aromatic rings. The fourth-order valence-corrected chi connectivity index (χ4v) is 2.21. The molecule has 0 fully saturated rings. The zero-order valence-electron chi connectivity index (χ0n) is 11.5. The molecule has 0 aliphatic rings. The van der Waals surface area contributed by atoms with Crippen molar-refractivity contribution < 1.29 is 23.1 Å². The monoisotopic (exact) mass is 316 g/mol. The highest BCUT2D eigenvalue weighted by Crippen LogP contribution is 2.06. The summed E-state index contributed by atoms with van der Waals surface area (Å²) in [4.78, 5) is 26.8. The largest absolute Gasteiger partial charge is 0.478 e. The average Bonchev–Trinajstić information content (AvgIpc) is 2.43. The van der Waals surface area contributed by atoms with Crippen LogP contribution < -0.4 is 10.0 Å². The number of rotatable bonds is 6. The first-order valence-electron chi connectivity index (χ1n) is 5.88. The van der Waals surface area contributed by atoms with Gasteiger partial charge in [0.05, 0.1) is 5.56 Å². The minimum Gasteiger partial charge on any atom is -0.478 e. The highest BCUT2D eigenvalue weighted by atomic mass is 32.2. The minimum atomic E-state index is -3.84. The van der Waals surface area contributed by atoms with Crippen LogP contribution in [-0.2, 0) is 10.0 Å². The number of pyridine rings is 1.